The maximum Gasteiger partial charge on any atom is 0.409 e. The Kier molecular flexibility index (Phi) is 12.1. The van der Waals surface area contributed by atoms with Crippen LogP contribution in [0.5, 0.6) is 0 Å². The molecule has 0 atom stereocenters. The normalized spacial score (nSPS) is 18.1. The van der Waals surface area contributed by atoms with Gasteiger partial charge < -0.3 is 25.0 Å². The zero-order valence-electron chi connectivity index (χ0n) is 19.3. The molecule has 8 nitrogen and oxygen atoms in total. The van der Waals surface area contributed by atoms with Crippen molar-refractivity contribution < 1.29 is 14.3 Å². The molecule has 1 amide bonds. The molecule has 2 aliphatic rings. The topological polar surface area (TPSA) is 78.4 Å². The summed E-state index contributed by atoms with van der Waals surface area (Å²) in [7, 11) is 0. The number of nitrogens with one attached hydrogen (secondary N) is 2. The van der Waals surface area contributed by atoms with Crippen LogP contribution in [-0.2, 0) is 22.6 Å². The van der Waals surface area contributed by atoms with Crippen molar-refractivity contribution in [3.63, 3.8) is 0 Å². The number of hydrogen-bond donors (Lipinski definition) is 2. The van der Waals surface area contributed by atoms with Crippen LogP contribution in [0.15, 0.2) is 29.3 Å². The molecule has 1 aromatic carbocycles. The van der Waals surface area contributed by atoms with Crippen molar-refractivity contribution in [2.75, 3.05) is 52.5 Å². The van der Waals surface area contributed by atoms with Crippen LogP contribution < -0.4 is 10.6 Å². The fraction of sp³-hybridized carbons (Fsp3) is 0.652. The average Bonchev–Trinajstić information content (AvgIpc) is 2.80. The van der Waals surface area contributed by atoms with Gasteiger partial charge in [0.05, 0.1) is 26.4 Å². The SMILES string of the molecule is CCNC(=NCc1ccc(CN2CCOCC2)cc1)NC1CCN(C(=O)OCC)CC1.I. The number of ether oxygens (including phenoxy) is 2. The van der Waals surface area contributed by atoms with E-state index in [1.807, 2.05) is 6.92 Å². The Hall–Kier alpha value is -1.59. The fourth-order valence-corrected chi connectivity index (χ4v) is 3.87. The predicted octanol–water partition coefficient (Wildman–Crippen LogP) is 2.81. The second-order valence-corrected chi connectivity index (χ2v) is 8.00. The number of nitrogens with zero attached hydrogens (tertiary/aromatic N) is 3. The molecule has 2 N–H and O–H groups in total. The van der Waals surface area contributed by atoms with Crippen LogP contribution in [0.3, 0.4) is 0 Å². The number of amides is 1. The number of carbonyl (C=O) groups is 1. The number of benzene rings is 1. The molecular weight excluding hydrogens is 521 g/mol. The number of piperidine rings is 1. The molecule has 180 valence electrons. The first kappa shape index (κ1) is 26.7. The molecule has 0 aromatic heterocycles. The Morgan fingerprint density at radius 3 is 2.38 bits per heavy atom. The van der Waals surface area contributed by atoms with E-state index in [2.05, 4.69) is 46.7 Å². The Bertz CT molecular complexity index is 702. The Labute approximate surface area is 209 Å². The van der Waals surface area contributed by atoms with Gasteiger partial charge in [-0.25, -0.2) is 9.79 Å². The molecule has 2 heterocycles. The van der Waals surface area contributed by atoms with Gasteiger partial charge in [0.1, 0.15) is 0 Å². The monoisotopic (exact) mass is 559 g/mol. The Morgan fingerprint density at radius 1 is 1.09 bits per heavy atom. The van der Waals surface area contributed by atoms with Gasteiger partial charge >= 0.3 is 6.09 Å². The highest BCUT2D eigenvalue weighted by molar-refractivity contribution is 14.0. The van der Waals surface area contributed by atoms with Crippen LogP contribution in [0.2, 0.25) is 0 Å². The zero-order valence-corrected chi connectivity index (χ0v) is 21.7. The lowest BCUT2D eigenvalue weighted by Crippen LogP contribution is -2.49. The number of likely N-dealkylation sites (tertiary alicyclic amines) is 1. The smallest absolute Gasteiger partial charge is 0.409 e. The van der Waals surface area contributed by atoms with Gasteiger partial charge in [-0.15, -0.1) is 24.0 Å². The van der Waals surface area contributed by atoms with Crippen molar-refractivity contribution in [1.29, 1.82) is 0 Å². The summed E-state index contributed by atoms with van der Waals surface area (Å²) in [6, 6.07) is 9.04. The number of carbonyl (C=O) groups excluding carboxylic acids is 1. The summed E-state index contributed by atoms with van der Waals surface area (Å²) in [5.41, 5.74) is 2.52. The van der Waals surface area contributed by atoms with E-state index in [4.69, 9.17) is 14.5 Å². The first-order valence-corrected chi connectivity index (χ1v) is 11.5. The summed E-state index contributed by atoms with van der Waals surface area (Å²) in [6.07, 6.45) is 1.57. The molecule has 32 heavy (non-hydrogen) atoms. The van der Waals surface area contributed by atoms with Gasteiger partial charge in [-0.05, 0) is 37.8 Å². The summed E-state index contributed by atoms with van der Waals surface area (Å²) < 4.78 is 10.5. The van der Waals surface area contributed by atoms with Crippen LogP contribution in [0.4, 0.5) is 4.79 Å². The first-order valence-electron chi connectivity index (χ1n) is 11.5. The summed E-state index contributed by atoms with van der Waals surface area (Å²) in [5.74, 6) is 0.828. The van der Waals surface area contributed by atoms with E-state index in [0.29, 0.717) is 32.3 Å². The number of hydrogen-bond acceptors (Lipinski definition) is 5. The molecule has 3 rings (SSSR count). The van der Waals surface area contributed by atoms with Crippen molar-refractivity contribution >= 4 is 36.0 Å². The van der Waals surface area contributed by atoms with Gasteiger partial charge in [-0.3, -0.25) is 4.90 Å². The minimum absolute atomic E-state index is 0. The second kappa shape index (κ2) is 14.5. The lowest BCUT2D eigenvalue weighted by molar-refractivity contribution is 0.0342. The fourth-order valence-electron chi connectivity index (χ4n) is 3.87. The zero-order chi connectivity index (χ0) is 21.9. The molecule has 0 radical (unpaired) electrons. The molecule has 0 unspecified atom stereocenters. The molecule has 2 fully saturated rings. The highest BCUT2D eigenvalue weighted by Crippen LogP contribution is 2.12. The summed E-state index contributed by atoms with van der Waals surface area (Å²) in [6.45, 7) is 11.8. The van der Waals surface area contributed by atoms with Crippen molar-refractivity contribution in [2.24, 2.45) is 4.99 Å². The molecule has 0 spiro atoms. The minimum atomic E-state index is -0.210. The quantitative estimate of drug-likeness (QED) is 0.304. The van der Waals surface area contributed by atoms with Crippen LogP contribution in [-0.4, -0.2) is 80.4 Å². The largest absolute Gasteiger partial charge is 0.450 e. The van der Waals surface area contributed by atoms with E-state index in [9.17, 15) is 4.79 Å². The lowest BCUT2D eigenvalue weighted by Gasteiger charge is -2.32. The number of morpholine rings is 1. The third kappa shape index (κ3) is 8.74. The molecule has 9 heteroatoms. The van der Waals surface area contributed by atoms with Crippen LogP contribution >= 0.6 is 24.0 Å². The molecule has 2 aliphatic heterocycles. The molecular formula is C23H38IN5O3. The summed E-state index contributed by atoms with van der Waals surface area (Å²) in [5, 5.41) is 6.86. The third-order valence-corrected chi connectivity index (χ3v) is 5.66. The lowest BCUT2D eigenvalue weighted by atomic mass is 10.1. The summed E-state index contributed by atoms with van der Waals surface area (Å²) >= 11 is 0. The van der Waals surface area contributed by atoms with Crippen molar-refractivity contribution in [3.8, 4) is 0 Å². The third-order valence-electron chi connectivity index (χ3n) is 5.66. The van der Waals surface area contributed by atoms with E-state index < -0.39 is 0 Å². The molecule has 2 saturated heterocycles. The van der Waals surface area contributed by atoms with E-state index >= 15 is 0 Å². The molecule has 0 aliphatic carbocycles. The molecule has 0 saturated carbocycles. The maximum atomic E-state index is 11.9. The van der Waals surface area contributed by atoms with Gasteiger partial charge in [0, 0.05) is 45.3 Å². The van der Waals surface area contributed by atoms with Gasteiger partial charge in [0.15, 0.2) is 5.96 Å². The van der Waals surface area contributed by atoms with Crippen molar-refractivity contribution in [1.82, 2.24) is 20.4 Å². The van der Waals surface area contributed by atoms with E-state index in [-0.39, 0.29) is 30.1 Å². The van der Waals surface area contributed by atoms with Crippen LogP contribution in [0.1, 0.15) is 37.8 Å². The second-order valence-electron chi connectivity index (χ2n) is 8.00. The maximum absolute atomic E-state index is 11.9. The highest BCUT2D eigenvalue weighted by atomic mass is 127. The predicted molar refractivity (Wildman–Crippen MR) is 138 cm³/mol. The van der Waals surface area contributed by atoms with Crippen molar-refractivity contribution in [3.05, 3.63) is 35.4 Å². The Balaban J connectivity index is 0.00000363. The van der Waals surface area contributed by atoms with Crippen molar-refractivity contribution in [2.45, 2.75) is 45.8 Å². The summed E-state index contributed by atoms with van der Waals surface area (Å²) in [4.78, 5) is 20.8. The first-order chi connectivity index (χ1) is 15.2. The highest BCUT2D eigenvalue weighted by Gasteiger charge is 2.24. The average molecular weight is 559 g/mol. The number of halogens is 1. The van der Waals surface area contributed by atoms with E-state index in [0.717, 1.165) is 58.2 Å². The number of aliphatic imine (C=N–C) groups is 1. The molecule has 0 bridgehead atoms. The Morgan fingerprint density at radius 2 is 1.75 bits per heavy atom. The van der Waals surface area contributed by atoms with Crippen LogP contribution in [0, 0.1) is 0 Å². The minimum Gasteiger partial charge on any atom is -0.450 e. The number of rotatable bonds is 7. The van der Waals surface area contributed by atoms with Gasteiger partial charge in [-0.2, -0.15) is 0 Å². The number of guanidine groups is 1. The van der Waals surface area contributed by atoms with E-state index in [1.54, 1.807) is 4.90 Å². The van der Waals surface area contributed by atoms with Crippen LogP contribution in [0.25, 0.3) is 0 Å². The van der Waals surface area contributed by atoms with E-state index in [1.165, 1.54) is 11.1 Å². The van der Waals surface area contributed by atoms with Gasteiger partial charge in [0.2, 0.25) is 0 Å². The van der Waals surface area contributed by atoms with Gasteiger partial charge in [0.25, 0.3) is 0 Å². The van der Waals surface area contributed by atoms with Gasteiger partial charge in [-0.1, -0.05) is 24.3 Å². The molecule has 1 aromatic rings. The standard InChI is InChI=1S/C23H37N5O3.HI/c1-3-24-22(26-21-9-11-28(12-10-21)23(29)31-4-2)25-17-19-5-7-20(8-6-19)18-27-13-15-30-16-14-27;/h5-8,21H,3-4,9-18H2,1-2H3,(H2,24,25,26);1H.